The highest BCUT2D eigenvalue weighted by molar-refractivity contribution is 5.86. The Kier molecular flexibility index (Phi) is 6.37. The minimum Gasteiger partial charge on any atom is -0.481 e. The summed E-state index contributed by atoms with van der Waals surface area (Å²) in [6.45, 7) is 6.18. The Labute approximate surface area is 125 Å². The number of carboxylic acids is 1. The lowest BCUT2D eigenvalue weighted by molar-refractivity contribution is -0.139. The van der Waals surface area contributed by atoms with Gasteiger partial charge in [-0.2, -0.15) is 0 Å². The monoisotopic (exact) mass is 292 g/mol. The zero-order valence-corrected chi connectivity index (χ0v) is 12.8. The van der Waals surface area contributed by atoms with Crippen molar-refractivity contribution in [2.45, 2.75) is 45.7 Å². The number of hydrogen-bond donors (Lipinski definition) is 3. The Morgan fingerprint density at radius 1 is 1.19 bits per heavy atom. The standard InChI is InChI=1S/C16H24N2O3/c1-10(2)8-12-4-6-13(7-5-12)11(3)18-16(21)14(17)9-15(19)20/h4-7,10-11,14H,8-9,17H2,1-3H3,(H,18,21)(H,19,20). The van der Waals surface area contributed by atoms with Crippen LogP contribution < -0.4 is 11.1 Å². The maximum absolute atomic E-state index is 11.8. The third-order valence-electron chi connectivity index (χ3n) is 3.21. The van der Waals surface area contributed by atoms with Crippen molar-refractivity contribution in [3.63, 3.8) is 0 Å². The van der Waals surface area contributed by atoms with Gasteiger partial charge in [-0.25, -0.2) is 0 Å². The fourth-order valence-electron chi connectivity index (χ4n) is 2.10. The molecule has 0 aliphatic rings. The highest BCUT2D eigenvalue weighted by atomic mass is 16.4. The number of carboxylic acid groups (broad SMARTS) is 1. The van der Waals surface area contributed by atoms with Crippen LogP contribution in [0.4, 0.5) is 0 Å². The van der Waals surface area contributed by atoms with E-state index in [4.69, 9.17) is 10.8 Å². The third kappa shape index (κ3) is 5.95. The lowest BCUT2D eigenvalue weighted by Gasteiger charge is -2.17. The van der Waals surface area contributed by atoms with E-state index in [9.17, 15) is 9.59 Å². The number of carbonyl (C=O) groups is 2. The molecular formula is C16H24N2O3. The molecular weight excluding hydrogens is 268 g/mol. The molecule has 1 rings (SSSR count). The molecule has 5 heteroatoms. The van der Waals surface area contributed by atoms with E-state index in [1.165, 1.54) is 5.56 Å². The molecule has 1 aromatic carbocycles. The van der Waals surface area contributed by atoms with Gasteiger partial charge in [0.2, 0.25) is 5.91 Å². The van der Waals surface area contributed by atoms with Crippen molar-refractivity contribution in [3.05, 3.63) is 35.4 Å². The molecule has 0 saturated carbocycles. The minimum absolute atomic E-state index is 0.203. The summed E-state index contributed by atoms with van der Waals surface area (Å²) in [6.07, 6.45) is 0.649. The first-order valence-corrected chi connectivity index (χ1v) is 7.16. The van der Waals surface area contributed by atoms with Gasteiger partial charge < -0.3 is 16.2 Å². The average Bonchev–Trinajstić information content (AvgIpc) is 2.37. The molecule has 5 nitrogen and oxygen atoms in total. The molecule has 0 spiro atoms. The molecule has 0 aromatic heterocycles. The Morgan fingerprint density at radius 2 is 1.76 bits per heavy atom. The zero-order chi connectivity index (χ0) is 16.0. The molecule has 116 valence electrons. The molecule has 0 bridgehead atoms. The van der Waals surface area contributed by atoms with E-state index >= 15 is 0 Å². The molecule has 4 N–H and O–H groups in total. The number of carbonyl (C=O) groups excluding carboxylic acids is 1. The second-order valence-electron chi connectivity index (χ2n) is 5.77. The predicted molar refractivity (Wildman–Crippen MR) is 81.8 cm³/mol. The molecule has 0 aliphatic carbocycles. The first-order valence-electron chi connectivity index (χ1n) is 7.16. The van der Waals surface area contributed by atoms with Gasteiger partial charge in [0.1, 0.15) is 0 Å². The van der Waals surface area contributed by atoms with Crippen LogP contribution in [0.1, 0.15) is 44.4 Å². The average molecular weight is 292 g/mol. The Balaban J connectivity index is 2.60. The SMILES string of the molecule is CC(C)Cc1ccc(C(C)NC(=O)C(N)CC(=O)O)cc1. The summed E-state index contributed by atoms with van der Waals surface area (Å²) in [6, 6.07) is 6.83. The fourth-order valence-corrected chi connectivity index (χ4v) is 2.10. The van der Waals surface area contributed by atoms with Gasteiger partial charge in [-0.1, -0.05) is 38.1 Å². The summed E-state index contributed by atoms with van der Waals surface area (Å²) in [5, 5.41) is 11.4. The molecule has 21 heavy (non-hydrogen) atoms. The number of nitrogens with two attached hydrogens (primary N) is 1. The van der Waals surface area contributed by atoms with Crippen LogP contribution in [0.3, 0.4) is 0 Å². The second-order valence-corrected chi connectivity index (χ2v) is 5.77. The molecule has 1 aromatic rings. The van der Waals surface area contributed by atoms with Crippen LogP contribution in [0.2, 0.25) is 0 Å². The molecule has 2 atom stereocenters. The summed E-state index contributed by atoms with van der Waals surface area (Å²) in [5.74, 6) is -0.929. The second kappa shape index (κ2) is 7.78. The summed E-state index contributed by atoms with van der Waals surface area (Å²) in [5.41, 5.74) is 7.76. The lowest BCUT2D eigenvalue weighted by Crippen LogP contribution is -2.42. The summed E-state index contributed by atoms with van der Waals surface area (Å²) in [7, 11) is 0. The van der Waals surface area contributed by atoms with Crippen LogP contribution in [-0.2, 0) is 16.0 Å². The van der Waals surface area contributed by atoms with Crippen LogP contribution in [0.5, 0.6) is 0 Å². The summed E-state index contributed by atoms with van der Waals surface area (Å²) in [4.78, 5) is 22.3. The lowest BCUT2D eigenvalue weighted by atomic mass is 10.00. The fraction of sp³-hybridized carbons (Fsp3) is 0.500. The molecule has 0 heterocycles. The molecule has 0 radical (unpaired) electrons. The van der Waals surface area contributed by atoms with Crippen molar-refractivity contribution in [1.82, 2.24) is 5.32 Å². The first kappa shape index (κ1) is 17.2. The van der Waals surface area contributed by atoms with E-state index < -0.39 is 17.9 Å². The summed E-state index contributed by atoms with van der Waals surface area (Å²) < 4.78 is 0. The van der Waals surface area contributed by atoms with E-state index in [-0.39, 0.29) is 12.5 Å². The van der Waals surface area contributed by atoms with Crippen LogP contribution in [-0.4, -0.2) is 23.0 Å². The van der Waals surface area contributed by atoms with Crippen molar-refractivity contribution >= 4 is 11.9 Å². The van der Waals surface area contributed by atoms with E-state index in [2.05, 4.69) is 31.3 Å². The highest BCUT2D eigenvalue weighted by Gasteiger charge is 2.19. The van der Waals surface area contributed by atoms with Gasteiger partial charge in [0.15, 0.2) is 0 Å². The maximum atomic E-state index is 11.8. The van der Waals surface area contributed by atoms with Crippen LogP contribution >= 0.6 is 0 Å². The predicted octanol–water partition coefficient (Wildman–Crippen LogP) is 1.86. The molecule has 0 fully saturated rings. The normalized spacial score (nSPS) is 13.8. The number of rotatable bonds is 7. The van der Waals surface area contributed by atoms with Crippen LogP contribution in [0, 0.1) is 5.92 Å². The first-order chi connectivity index (χ1) is 9.79. The molecule has 1 amide bonds. The van der Waals surface area contributed by atoms with E-state index in [1.807, 2.05) is 19.1 Å². The van der Waals surface area contributed by atoms with E-state index in [0.717, 1.165) is 12.0 Å². The van der Waals surface area contributed by atoms with Gasteiger partial charge in [0.25, 0.3) is 0 Å². The molecule has 0 aliphatic heterocycles. The molecule has 0 saturated heterocycles. The van der Waals surface area contributed by atoms with E-state index in [1.54, 1.807) is 0 Å². The third-order valence-corrected chi connectivity index (χ3v) is 3.21. The zero-order valence-electron chi connectivity index (χ0n) is 12.8. The maximum Gasteiger partial charge on any atom is 0.305 e. The molecule has 2 unspecified atom stereocenters. The quantitative estimate of drug-likeness (QED) is 0.715. The highest BCUT2D eigenvalue weighted by Crippen LogP contribution is 2.15. The van der Waals surface area contributed by atoms with Crippen LogP contribution in [0.15, 0.2) is 24.3 Å². The number of hydrogen-bond acceptors (Lipinski definition) is 3. The Morgan fingerprint density at radius 3 is 2.24 bits per heavy atom. The smallest absolute Gasteiger partial charge is 0.305 e. The number of amides is 1. The van der Waals surface area contributed by atoms with Gasteiger partial charge in [-0.05, 0) is 30.4 Å². The van der Waals surface area contributed by atoms with Gasteiger partial charge in [0.05, 0.1) is 18.5 Å². The van der Waals surface area contributed by atoms with Crippen molar-refractivity contribution < 1.29 is 14.7 Å². The van der Waals surface area contributed by atoms with Crippen LogP contribution in [0.25, 0.3) is 0 Å². The number of benzene rings is 1. The number of aliphatic carboxylic acids is 1. The largest absolute Gasteiger partial charge is 0.481 e. The Hall–Kier alpha value is -1.88. The number of nitrogens with one attached hydrogen (secondary N) is 1. The topological polar surface area (TPSA) is 92.4 Å². The van der Waals surface area contributed by atoms with Crippen molar-refractivity contribution in [3.8, 4) is 0 Å². The van der Waals surface area contributed by atoms with Gasteiger partial charge in [-0.3, -0.25) is 9.59 Å². The minimum atomic E-state index is -1.08. The van der Waals surface area contributed by atoms with Crippen molar-refractivity contribution in [1.29, 1.82) is 0 Å². The van der Waals surface area contributed by atoms with Gasteiger partial charge in [-0.15, -0.1) is 0 Å². The van der Waals surface area contributed by atoms with Gasteiger partial charge in [0, 0.05) is 0 Å². The van der Waals surface area contributed by atoms with Crippen molar-refractivity contribution in [2.75, 3.05) is 0 Å². The Bertz CT molecular complexity index is 483. The van der Waals surface area contributed by atoms with E-state index in [0.29, 0.717) is 5.92 Å². The van der Waals surface area contributed by atoms with Crippen molar-refractivity contribution in [2.24, 2.45) is 11.7 Å². The summed E-state index contributed by atoms with van der Waals surface area (Å²) >= 11 is 0. The van der Waals surface area contributed by atoms with Gasteiger partial charge >= 0.3 is 5.97 Å².